The number of thiophene rings is 1. The SMILES string of the molecule is CCC(N)Cc1cc2c(C(F)(F)F)nn(C)c2s1. The predicted molar refractivity (Wildman–Crippen MR) is 65.6 cm³/mol. The molecule has 0 aliphatic rings. The smallest absolute Gasteiger partial charge is 0.327 e. The van der Waals surface area contributed by atoms with Gasteiger partial charge < -0.3 is 5.73 Å². The summed E-state index contributed by atoms with van der Waals surface area (Å²) in [7, 11) is 1.53. The minimum Gasteiger partial charge on any atom is -0.327 e. The van der Waals surface area contributed by atoms with Crippen LogP contribution in [0.2, 0.25) is 0 Å². The molecule has 0 saturated carbocycles. The summed E-state index contributed by atoms with van der Waals surface area (Å²) in [6, 6.07) is 1.55. The molecule has 0 saturated heterocycles. The molecule has 3 nitrogen and oxygen atoms in total. The molecule has 1 atom stereocenters. The molecule has 2 N–H and O–H groups in total. The number of nitrogens with two attached hydrogens (primary N) is 1. The Labute approximate surface area is 106 Å². The summed E-state index contributed by atoms with van der Waals surface area (Å²) >= 11 is 1.32. The van der Waals surface area contributed by atoms with Gasteiger partial charge in [0.05, 0.1) is 0 Å². The van der Waals surface area contributed by atoms with E-state index in [4.69, 9.17) is 5.73 Å². The van der Waals surface area contributed by atoms with Crippen LogP contribution in [0.3, 0.4) is 0 Å². The van der Waals surface area contributed by atoms with E-state index in [1.54, 1.807) is 6.07 Å². The summed E-state index contributed by atoms with van der Waals surface area (Å²) in [6.07, 6.45) is -3.00. The molecule has 0 bridgehead atoms. The zero-order valence-electron chi connectivity index (χ0n) is 10.1. The van der Waals surface area contributed by atoms with Crippen molar-refractivity contribution in [2.45, 2.75) is 32.0 Å². The zero-order chi connectivity index (χ0) is 13.5. The molecule has 0 aromatic carbocycles. The summed E-state index contributed by atoms with van der Waals surface area (Å²) in [6.45, 7) is 1.96. The van der Waals surface area contributed by atoms with E-state index >= 15 is 0 Å². The molecule has 0 amide bonds. The number of aromatic nitrogens is 2. The van der Waals surface area contributed by atoms with Gasteiger partial charge in [0.15, 0.2) is 5.69 Å². The first kappa shape index (κ1) is 13.4. The number of alkyl halides is 3. The minimum absolute atomic E-state index is 0.0136. The van der Waals surface area contributed by atoms with Crippen molar-refractivity contribution >= 4 is 21.6 Å². The predicted octanol–water partition coefficient (Wildman–Crippen LogP) is 2.93. The number of aryl methyl sites for hydroxylation is 1. The fraction of sp³-hybridized carbons (Fsp3) is 0.545. The third-order valence-corrected chi connectivity index (χ3v) is 4.04. The van der Waals surface area contributed by atoms with Crippen molar-refractivity contribution in [1.82, 2.24) is 9.78 Å². The van der Waals surface area contributed by atoms with Gasteiger partial charge in [-0.3, -0.25) is 4.68 Å². The lowest BCUT2D eigenvalue weighted by atomic mass is 10.1. The summed E-state index contributed by atoms with van der Waals surface area (Å²) in [5.41, 5.74) is 5.01. The van der Waals surface area contributed by atoms with Crippen molar-refractivity contribution in [1.29, 1.82) is 0 Å². The van der Waals surface area contributed by atoms with Gasteiger partial charge in [-0.15, -0.1) is 11.3 Å². The van der Waals surface area contributed by atoms with Crippen LogP contribution in [0, 0.1) is 0 Å². The summed E-state index contributed by atoms with van der Waals surface area (Å²) < 4.78 is 39.6. The lowest BCUT2D eigenvalue weighted by Crippen LogP contribution is -2.20. The summed E-state index contributed by atoms with van der Waals surface area (Å²) in [5.74, 6) is 0. The van der Waals surface area contributed by atoms with Gasteiger partial charge in [0.1, 0.15) is 4.83 Å². The second kappa shape index (κ2) is 4.55. The average Bonchev–Trinajstić information content (AvgIpc) is 2.78. The highest BCUT2D eigenvalue weighted by Gasteiger charge is 2.37. The van der Waals surface area contributed by atoms with Gasteiger partial charge in [-0.2, -0.15) is 18.3 Å². The number of hydrogen-bond acceptors (Lipinski definition) is 3. The summed E-state index contributed by atoms with van der Waals surface area (Å²) in [4.78, 5) is 1.42. The third-order valence-electron chi connectivity index (χ3n) is 2.82. The number of rotatable bonds is 3. The lowest BCUT2D eigenvalue weighted by molar-refractivity contribution is -0.140. The molecule has 2 heterocycles. The average molecular weight is 277 g/mol. The van der Waals surface area contributed by atoms with E-state index in [0.29, 0.717) is 11.3 Å². The highest BCUT2D eigenvalue weighted by atomic mass is 32.1. The molecule has 7 heteroatoms. The molecule has 2 aromatic heterocycles. The Hall–Kier alpha value is -1.08. The number of halogens is 3. The first-order valence-electron chi connectivity index (χ1n) is 5.61. The second-order valence-corrected chi connectivity index (χ2v) is 5.39. The largest absolute Gasteiger partial charge is 0.435 e. The molecular formula is C11H14F3N3S. The molecule has 0 radical (unpaired) electrons. The van der Waals surface area contributed by atoms with Gasteiger partial charge in [-0.1, -0.05) is 6.92 Å². The lowest BCUT2D eigenvalue weighted by Gasteiger charge is -2.05. The Morgan fingerprint density at radius 1 is 1.50 bits per heavy atom. The van der Waals surface area contributed by atoms with E-state index in [1.165, 1.54) is 23.1 Å². The van der Waals surface area contributed by atoms with Crippen LogP contribution in [0.1, 0.15) is 23.9 Å². The second-order valence-electron chi connectivity index (χ2n) is 4.27. The van der Waals surface area contributed by atoms with E-state index in [-0.39, 0.29) is 11.4 Å². The number of hydrogen-bond donors (Lipinski definition) is 1. The normalized spacial score (nSPS) is 14.3. The Morgan fingerprint density at radius 2 is 2.17 bits per heavy atom. The number of nitrogens with zero attached hydrogens (tertiary/aromatic N) is 2. The Balaban J connectivity index is 2.45. The molecule has 100 valence electrons. The van der Waals surface area contributed by atoms with Crippen molar-refractivity contribution < 1.29 is 13.2 Å². The molecule has 1 unspecified atom stereocenters. The van der Waals surface area contributed by atoms with Crippen LogP contribution in [-0.2, 0) is 19.6 Å². The van der Waals surface area contributed by atoms with E-state index in [2.05, 4.69) is 5.10 Å². The Morgan fingerprint density at radius 3 is 2.72 bits per heavy atom. The van der Waals surface area contributed by atoms with Crippen LogP contribution in [-0.4, -0.2) is 15.8 Å². The van der Waals surface area contributed by atoms with E-state index in [1.807, 2.05) is 6.92 Å². The van der Waals surface area contributed by atoms with Gasteiger partial charge in [-0.05, 0) is 18.9 Å². The molecule has 0 fully saturated rings. The van der Waals surface area contributed by atoms with Crippen LogP contribution in [0.25, 0.3) is 10.2 Å². The van der Waals surface area contributed by atoms with Crippen LogP contribution in [0.5, 0.6) is 0 Å². The van der Waals surface area contributed by atoms with Crippen LogP contribution < -0.4 is 5.73 Å². The molecule has 2 rings (SSSR count). The monoisotopic (exact) mass is 277 g/mol. The molecule has 18 heavy (non-hydrogen) atoms. The standard InChI is InChI=1S/C11H14F3N3S/c1-3-6(15)4-7-5-8-9(11(12,13)14)16-17(2)10(8)18-7/h5-6H,3-4,15H2,1-2H3. The van der Waals surface area contributed by atoms with Gasteiger partial charge >= 0.3 is 6.18 Å². The highest BCUT2D eigenvalue weighted by Crippen LogP contribution is 2.37. The molecule has 0 spiro atoms. The van der Waals surface area contributed by atoms with Crippen molar-refractivity contribution in [3.63, 3.8) is 0 Å². The van der Waals surface area contributed by atoms with Gasteiger partial charge in [0.25, 0.3) is 0 Å². The Bertz CT molecular complexity index is 556. The van der Waals surface area contributed by atoms with Crippen LogP contribution >= 0.6 is 11.3 Å². The fourth-order valence-corrected chi connectivity index (χ4v) is 2.96. The quantitative estimate of drug-likeness (QED) is 0.937. The maximum atomic E-state index is 12.8. The third kappa shape index (κ3) is 2.37. The maximum absolute atomic E-state index is 12.8. The molecule has 0 aliphatic heterocycles. The minimum atomic E-state index is -4.41. The van der Waals surface area contributed by atoms with E-state index in [0.717, 1.165) is 11.3 Å². The fourth-order valence-electron chi connectivity index (χ4n) is 1.80. The number of fused-ring (bicyclic) bond motifs is 1. The van der Waals surface area contributed by atoms with Gasteiger partial charge in [0.2, 0.25) is 0 Å². The van der Waals surface area contributed by atoms with Crippen LogP contribution in [0.15, 0.2) is 6.07 Å². The van der Waals surface area contributed by atoms with Gasteiger partial charge in [-0.25, -0.2) is 0 Å². The molecule has 0 aliphatic carbocycles. The first-order valence-corrected chi connectivity index (χ1v) is 6.42. The van der Waals surface area contributed by atoms with E-state index in [9.17, 15) is 13.2 Å². The highest BCUT2D eigenvalue weighted by molar-refractivity contribution is 7.18. The van der Waals surface area contributed by atoms with Crippen molar-refractivity contribution in [2.75, 3.05) is 0 Å². The van der Waals surface area contributed by atoms with Gasteiger partial charge in [0, 0.05) is 23.4 Å². The zero-order valence-corrected chi connectivity index (χ0v) is 10.9. The van der Waals surface area contributed by atoms with Crippen molar-refractivity contribution in [2.24, 2.45) is 12.8 Å². The maximum Gasteiger partial charge on any atom is 0.435 e. The Kier molecular flexibility index (Phi) is 3.37. The summed E-state index contributed by atoms with van der Waals surface area (Å²) in [5, 5.41) is 3.71. The first-order chi connectivity index (χ1) is 8.32. The molecular weight excluding hydrogens is 263 g/mol. The topological polar surface area (TPSA) is 43.8 Å². The van der Waals surface area contributed by atoms with Crippen molar-refractivity contribution in [3.8, 4) is 0 Å². The van der Waals surface area contributed by atoms with E-state index < -0.39 is 11.9 Å². The van der Waals surface area contributed by atoms with Crippen LogP contribution in [0.4, 0.5) is 13.2 Å². The van der Waals surface area contributed by atoms with Crippen molar-refractivity contribution in [3.05, 3.63) is 16.6 Å². The molecule has 2 aromatic rings.